The van der Waals surface area contributed by atoms with Gasteiger partial charge in [-0.2, -0.15) is 13.2 Å². The predicted molar refractivity (Wildman–Crippen MR) is 56.9 cm³/mol. The van der Waals surface area contributed by atoms with E-state index in [1.165, 1.54) is 17.7 Å². The van der Waals surface area contributed by atoms with Crippen LogP contribution in [0.25, 0.3) is 6.08 Å². The molecule has 0 radical (unpaired) electrons. The molecular formula is C12H12F3N. The van der Waals surface area contributed by atoms with Crippen LogP contribution in [0, 0.1) is 0 Å². The predicted octanol–water partition coefficient (Wildman–Crippen LogP) is 3.08. The molecule has 0 atom stereocenters. The van der Waals surface area contributed by atoms with Crippen molar-refractivity contribution in [2.45, 2.75) is 12.6 Å². The summed E-state index contributed by atoms with van der Waals surface area (Å²) < 4.78 is 36.9. The van der Waals surface area contributed by atoms with Gasteiger partial charge in [0, 0.05) is 6.54 Å². The Labute approximate surface area is 92.0 Å². The van der Waals surface area contributed by atoms with Crippen LogP contribution in [0.2, 0.25) is 0 Å². The van der Waals surface area contributed by atoms with Crippen molar-refractivity contribution in [3.63, 3.8) is 0 Å². The zero-order valence-corrected chi connectivity index (χ0v) is 8.64. The number of alkyl halides is 3. The quantitative estimate of drug-likeness (QED) is 0.777. The Morgan fingerprint density at radius 1 is 1.12 bits per heavy atom. The maximum absolute atomic E-state index is 12.3. The molecule has 1 aliphatic heterocycles. The molecule has 1 heterocycles. The average molecular weight is 227 g/mol. The van der Waals surface area contributed by atoms with Gasteiger partial charge in [0.25, 0.3) is 0 Å². The number of benzene rings is 1. The molecule has 0 unspecified atom stereocenters. The van der Waals surface area contributed by atoms with Crippen LogP contribution in [0.3, 0.4) is 0 Å². The highest BCUT2D eigenvalue weighted by Crippen LogP contribution is 2.29. The van der Waals surface area contributed by atoms with E-state index in [1.807, 2.05) is 6.08 Å². The Hall–Kier alpha value is -1.29. The van der Waals surface area contributed by atoms with Gasteiger partial charge >= 0.3 is 6.18 Å². The molecule has 86 valence electrons. The molecule has 2 rings (SSSR count). The topological polar surface area (TPSA) is 12.0 Å². The first-order valence-electron chi connectivity index (χ1n) is 5.13. The summed E-state index contributed by atoms with van der Waals surface area (Å²) in [7, 11) is 0. The first kappa shape index (κ1) is 11.2. The van der Waals surface area contributed by atoms with Crippen LogP contribution in [0.15, 0.2) is 29.8 Å². The fourth-order valence-electron chi connectivity index (χ4n) is 1.71. The molecule has 0 spiro atoms. The largest absolute Gasteiger partial charge is 0.416 e. The summed E-state index contributed by atoms with van der Waals surface area (Å²) in [6.07, 6.45) is -1.33. The number of nitrogens with one attached hydrogen (secondary N) is 1. The number of halogens is 3. The van der Waals surface area contributed by atoms with Gasteiger partial charge in [-0.05, 0) is 30.7 Å². The Morgan fingerprint density at radius 2 is 1.81 bits per heavy atom. The second kappa shape index (κ2) is 4.29. The van der Waals surface area contributed by atoms with Gasteiger partial charge in [0.15, 0.2) is 0 Å². The van der Waals surface area contributed by atoms with Gasteiger partial charge in [-0.1, -0.05) is 23.8 Å². The molecule has 16 heavy (non-hydrogen) atoms. The summed E-state index contributed by atoms with van der Waals surface area (Å²) in [5.74, 6) is 0. The van der Waals surface area contributed by atoms with Crippen molar-refractivity contribution < 1.29 is 13.2 Å². The summed E-state index contributed by atoms with van der Waals surface area (Å²) in [5, 5.41) is 3.18. The lowest BCUT2D eigenvalue weighted by Gasteiger charge is -2.06. The molecule has 0 aromatic heterocycles. The standard InChI is InChI=1S/C12H12F3N/c13-12(14,15)11-3-1-9(2-4-11)7-10-5-6-16-8-10/h1-4,7,16H,5-6,8H2. The average Bonchev–Trinajstić information content (AvgIpc) is 2.70. The molecule has 1 N–H and O–H groups in total. The summed E-state index contributed by atoms with van der Waals surface area (Å²) in [6.45, 7) is 1.79. The third-order valence-electron chi connectivity index (χ3n) is 2.58. The fraction of sp³-hybridized carbons (Fsp3) is 0.333. The number of hydrogen-bond acceptors (Lipinski definition) is 1. The minimum Gasteiger partial charge on any atom is -0.313 e. The van der Waals surface area contributed by atoms with Crippen LogP contribution >= 0.6 is 0 Å². The molecule has 1 nitrogen and oxygen atoms in total. The Morgan fingerprint density at radius 3 is 2.31 bits per heavy atom. The maximum atomic E-state index is 12.3. The van der Waals surface area contributed by atoms with Crippen LogP contribution in [-0.4, -0.2) is 13.1 Å². The molecule has 1 aromatic rings. The van der Waals surface area contributed by atoms with Crippen molar-refractivity contribution in [1.29, 1.82) is 0 Å². The molecule has 0 aliphatic carbocycles. The molecule has 0 saturated carbocycles. The summed E-state index contributed by atoms with van der Waals surface area (Å²) in [6, 6.07) is 5.26. The maximum Gasteiger partial charge on any atom is 0.416 e. The first-order chi connectivity index (χ1) is 7.55. The van der Waals surface area contributed by atoms with E-state index in [9.17, 15) is 13.2 Å². The van der Waals surface area contributed by atoms with E-state index >= 15 is 0 Å². The second-order valence-electron chi connectivity index (χ2n) is 3.85. The summed E-state index contributed by atoms with van der Waals surface area (Å²) >= 11 is 0. The normalized spacial score (nSPS) is 19.3. The molecule has 0 bridgehead atoms. The Balaban J connectivity index is 2.16. The third-order valence-corrected chi connectivity index (χ3v) is 2.58. The van der Waals surface area contributed by atoms with Crippen molar-refractivity contribution in [2.75, 3.05) is 13.1 Å². The van der Waals surface area contributed by atoms with Crippen LogP contribution in [0.5, 0.6) is 0 Å². The minimum absolute atomic E-state index is 0.598. The Kier molecular flexibility index (Phi) is 3.01. The van der Waals surface area contributed by atoms with Crippen LogP contribution in [0.4, 0.5) is 13.2 Å². The lowest BCUT2D eigenvalue weighted by atomic mass is 10.1. The van der Waals surface area contributed by atoms with Gasteiger partial charge in [-0.15, -0.1) is 0 Å². The summed E-state index contributed by atoms with van der Waals surface area (Å²) in [4.78, 5) is 0. The summed E-state index contributed by atoms with van der Waals surface area (Å²) in [5.41, 5.74) is 1.46. The van der Waals surface area contributed by atoms with Crippen molar-refractivity contribution in [3.8, 4) is 0 Å². The van der Waals surface area contributed by atoms with Gasteiger partial charge in [-0.25, -0.2) is 0 Å². The zero-order valence-electron chi connectivity index (χ0n) is 8.64. The van der Waals surface area contributed by atoms with E-state index < -0.39 is 11.7 Å². The van der Waals surface area contributed by atoms with Gasteiger partial charge < -0.3 is 5.32 Å². The lowest BCUT2D eigenvalue weighted by molar-refractivity contribution is -0.137. The highest BCUT2D eigenvalue weighted by molar-refractivity contribution is 5.54. The van der Waals surface area contributed by atoms with E-state index in [1.54, 1.807) is 0 Å². The van der Waals surface area contributed by atoms with Crippen LogP contribution < -0.4 is 5.32 Å². The zero-order chi connectivity index (χ0) is 11.6. The Bertz CT molecular complexity index is 382. The van der Waals surface area contributed by atoms with E-state index in [0.717, 1.165) is 37.2 Å². The van der Waals surface area contributed by atoms with Crippen molar-refractivity contribution in [2.24, 2.45) is 0 Å². The number of hydrogen-bond donors (Lipinski definition) is 1. The fourth-order valence-corrected chi connectivity index (χ4v) is 1.71. The van der Waals surface area contributed by atoms with Crippen molar-refractivity contribution in [3.05, 3.63) is 41.0 Å². The van der Waals surface area contributed by atoms with Crippen molar-refractivity contribution >= 4 is 6.08 Å². The molecule has 1 aromatic carbocycles. The highest BCUT2D eigenvalue weighted by atomic mass is 19.4. The van der Waals surface area contributed by atoms with E-state index in [4.69, 9.17) is 0 Å². The third kappa shape index (κ3) is 2.64. The van der Waals surface area contributed by atoms with Gasteiger partial charge in [0.05, 0.1) is 5.56 Å². The monoisotopic (exact) mass is 227 g/mol. The molecule has 1 aliphatic rings. The molecule has 1 saturated heterocycles. The van der Waals surface area contributed by atoms with Gasteiger partial charge in [0.1, 0.15) is 0 Å². The van der Waals surface area contributed by atoms with Crippen molar-refractivity contribution in [1.82, 2.24) is 5.32 Å². The van der Waals surface area contributed by atoms with Gasteiger partial charge in [0.2, 0.25) is 0 Å². The lowest BCUT2D eigenvalue weighted by Crippen LogP contribution is -2.04. The van der Waals surface area contributed by atoms with E-state index in [2.05, 4.69) is 5.32 Å². The SMILES string of the molecule is FC(F)(F)c1ccc(C=C2CCNC2)cc1. The van der Waals surface area contributed by atoms with E-state index in [-0.39, 0.29) is 0 Å². The molecule has 0 amide bonds. The number of rotatable bonds is 1. The highest BCUT2D eigenvalue weighted by Gasteiger charge is 2.29. The second-order valence-corrected chi connectivity index (χ2v) is 3.85. The minimum atomic E-state index is -4.25. The van der Waals surface area contributed by atoms with Crippen LogP contribution in [0.1, 0.15) is 17.5 Å². The van der Waals surface area contributed by atoms with Gasteiger partial charge in [-0.3, -0.25) is 0 Å². The smallest absolute Gasteiger partial charge is 0.313 e. The molecular weight excluding hydrogens is 215 g/mol. The van der Waals surface area contributed by atoms with E-state index in [0.29, 0.717) is 0 Å². The first-order valence-corrected chi connectivity index (χ1v) is 5.13. The molecule has 4 heteroatoms. The molecule has 1 fully saturated rings. The van der Waals surface area contributed by atoms with Crippen LogP contribution in [-0.2, 0) is 6.18 Å².